The van der Waals surface area contributed by atoms with Crippen molar-refractivity contribution in [2.24, 2.45) is 7.05 Å². The first-order valence-electron chi connectivity index (χ1n) is 7.35. The molecule has 0 aromatic carbocycles. The molecule has 122 valence electrons. The van der Waals surface area contributed by atoms with Crippen molar-refractivity contribution < 1.29 is 8.42 Å². The molecule has 7 nitrogen and oxygen atoms in total. The van der Waals surface area contributed by atoms with Crippen molar-refractivity contribution in [2.75, 3.05) is 33.2 Å². The second-order valence-corrected chi connectivity index (χ2v) is 6.96. The summed E-state index contributed by atoms with van der Waals surface area (Å²) in [5.41, 5.74) is 1.02. The van der Waals surface area contributed by atoms with Crippen molar-refractivity contribution in [1.29, 1.82) is 0 Å². The van der Waals surface area contributed by atoms with Gasteiger partial charge < -0.3 is 5.32 Å². The standard InChI is InChI=1S/C13H27N5O2S/c1-4-7-14-8-5-10-18(3)21(19,20)16-9-6-13-11-15-17(2)12-13/h11-12,14,16H,4-10H2,1-3H3. The lowest BCUT2D eigenvalue weighted by Crippen LogP contribution is -2.40. The number of nitrogens with zero attached hydrogens (tertiary/aromatic N) is 3. The Balaban J connectivity index is 2.24. The molecule has 0 saturated carbocycles. The zero-order chi connectivity index (χ0) is 15.7. The van der Waals surface area contributed by atoms with E-state index in [2.05, 4.69) is 22.1 Å². The van der Waals surface area contributed by atoms with Crippen LogP contribution in [0.1, 0.15) is 25.3 Å². The molecule has 1 aromatic heterocycles. The second-order valence-electron chi connectivity index (χ2n) is 5.10. The van der Waals surface area contributed by atoms with Crippen molar-refractivity contribution in [3.05, 3.63) is 18.0 Å². The summed E-state index contributed by atoms with van der Waals surface area (Å²) in [5.74, 6) is 0. The molecule has 0 aliphatic rings. The third kappa shape index (κ3) is 7.03. The number of nitrogens with one attached hydrogen (secondary N) is 2. The van der Waals surface area contributed by atoms with Crippen LogP contribution in [-0.2, 0) is 23.7 Å². The Morgan fingerprint density at radius 2 is 2.10 bits per heavy atom. The predicted molar refractivity (Wildman–Crippen MR) is 84.2 cm³/mol. The molecular weight excluding hydrogens is 290 g/mol. The summed E-state index contributed by atoms with van der Waals surface area (Å²) in [6.07, 6.45) is 6.16. The van der Waals surface area contributed by atoms with Crippen LogP contribution < -0.4 is 10.0 Å². The van der Waals surface area contributed by atoms with Gasteiger partial charge in [-0.25, -0.2) is 4.72 Å². The van der Waals surface area contributed by atoms with E-state index in [0.717, 1.165) is 31.5 Å². The highest BCUT2D eigenvalue weighted by molar-refractivity contribution is 7.87. The van der Waals surface area contributed by atoms with E-state index in [9.17, 15) is 8.42 Å². The lowest BCUT2D eigenvalue weighted by Gasteiger charge is -2.17. The van der Waals surface area contributed by atoms with E-state index >= 15 is 0 Å². The molecule has 0 saturated heterocycles. The average molecular weight is 317 g/mol. The van der Waals surface area contributed by atoms with Gasteiger partial charge in [0.05, 0.1) is 6.20 Å². The SMILES string of the molecule is CCCNCCCN(C)S(=O)(=O)NCCc1cnn(C)c1. The van der Waals surface area contributed by atoms with Crippen LogP contribution in [0.25, 0.3) is 0 Å². The van der Waals surface area contributed by atoms with Gasteiger partial charge in [-0.1, -0.05) is 6.92 Å². The maximum Gasteiger partial charge on any atom is 0.279 e. The Bertz CT molecular complexity index is 500. The Labute approximate surface area is 127 Å². The van der Waals surface area contributed by atoms with Crippen LogP contribution in [0.3, 0.4) is 0 Å². The van der Waals surface area contributed by atoms with Gasteiger partial charge in [-0.3, -0.25) is 4.68 Å². The number of aromatic nitrogens is 2. The molecular formula is C13H27N5O2S. The van der Waals surface area contributed by atoms with Crippen LogP contribution in [0.4, 0.5) is 0 Å². The minimum absolute atomic E-state index is 0.381. The first kappa shape index (κ1) is 18.1. The zero-order valence-corrected chi connectivity index (χ0v) is 14.0. The molecule has 1 aromatic rings. The summed E-state index contributed by atoms with van der Waals surface area (Å²) in [5, 5.41) is 7.31. The van der Waals surface area contributed by atoms with Crippen LogP contribution >= 0.6 is 0 Å². The van der Waals surface area contributed by atoms with Gasteiger partial charge >= 0.3 is 0 Å². The van der Waals surface area contributed by atoms with Crippen LogP contribution in [0.2, 0.25) is 0 Å². The summed E-state index contributed by atoms with van der Waals surface area (Å²) in [7, 11) is 0.0567. The van der Waals surface area contributed by atoms with Gasteiger partial charge in [0.25, 0.3) is 10.2 Å². The Hall–Kier alpha value is -0.960. The molecule has 0 bridgehead atoms. The minimum Gasteiger partial charge on any atom is -0.317 e. The third-order valence-corrected chi connectivity index (χ3v) is 4.69. The van der Waals surface area contributed by atoms with Crippen molar-refractivity contribution in [3.63, 3.8) is 0 Å². The largest absolute Gasteiger partial charge is 0.317 e. The van der Waals surface area contributed by atoms with Crippen LogP contribution in [0, 0.1) is 0 Å². The normalized spacial score (nSPS) is 12.2. The lowest BCUT2D eigenvalue weighted by molar-refractivity contribution is 0.445. The summed E-state index contributed by atoms with van der Waals surface area (Å²) in [4.78, 5) is 0. The van der Waals surface area contributed by atoms with Gasteiger partial charge in [0.15, 0.2) is 0 Å². The van der Waals surface area contributed by atoms with Crippen LogP contribution in [0.5, 0.6) is 0 Å². The molecule has 1 heterocycles. The molecule has 0 aliphatic carbocycles. The molecule has 0 radical (unpaired) electrons. The molecule has 0 atom stereocenters. The Kier molecular flexibility index (Phi) is 7.87. The predicted octanol–water partition coefficient (Wildman–Crippen LogP) is 0.119. The molecule has 8 heteroatoms. The highest BCUT2D eigenvalue weighted by Crippen LogP contribution is 1.99. The van der Waals surface area contributed by atoms with Gasteiger partial charge in [0, 0.05) is 33.4 Å². The first-order valence-corrected chi connectivity index (χ1v) is 8.79. The summed E-state index contributed by atoms with van der Waals surface area (Å²) < 4.78 is 29.7. The van der Waals surface area contributed by atoms with Crippen LogP contribution in [-0.4, -0.2) is 55.7 Å². The fourth-order valence-corrected chi connectivity index (χ4v) is 2.83. The number of hydrogen-bond acceptors (Lipinski definition) is 4. The molecule has 0 unspecified atom stereocenters. The van der Waals surface area contributed by atoms with Gasteiger partial charge in [0.1, 0.15) is 0 Å². The molecule has 2 N–H and O–H groups in total. The molecule has 0 spiro atoms. The van der Waals surface area contributed by atoms with E-state index in [1.54, 1.807) is 17.9 Å². The monoisotopic (exact) mass is 317 g/mol. The summed E-state index contributed by atoms with van der Waals surface area (Å²) in [6.45, 7) is 4.81. The van der Waals surface area contributed by atoms with E-state index in [0.29, 0.717) is 19.5 Å². The van der Waals surface area contributed by atoms with Crippen molar-refractivity contribution in [3.8, 4) is 0 Å². The molecule has 1 rings (SSSR count). The smallest absolute Gasteiger partial charge is 0.279 e. The number of rotatable bonds is 11. The molecule has 0 amide bonds. The highest BCUT2D eigenvalue weighted by Gasteiger charge is 2.16. The maximum atomic E-state index is 12.0. The van der Waals surface area contributed by atoms with E-state index < -0.39 is 10.2 Å². The molecule has 0 aliphatic heterocycles. The van der Waals surface area contributed by atoms with Crippen molar-refractivity contribution in [2.45, 2.75) is 26.2 Å². The van der Waals surface area contributed by atoms with Crippen molar-refractivity contribution >= 4 is 10.2 Å². The first-order chi connectivity index (χ1) is 9.95. The highest BCUT2D eigenvalue weighted by atomic mass is 32.2. The van der Waals surface area contributed by atoms with Gasteiger partial charge in [-0.2, -0.15) is 17.8 Å². The lowest BCUT2D eigenvalue weighted by atomic mass is 10.3. The zero-order valence-electron chi connectivity index (χ0n) is 13.2. The topological polar surface area (TPSA) is 79.3 Å². The summed E-state index contributed by atoms with van der Waals surface area (Å²) >= 11 is 0. The van der Waals surface area contributed by atoms with E-state index in [-0.39, 0.29) is 0 Å². The van der Waals surface area contributed by atoms with E-state index in [4.69, 9.17) is 0 Å². The Morgan fingerprint density at radius 3 is 2.71 bits per heavy atom. The average Bonchev–Trinajstić information content (AvgIpc) is 2.83. The van der Waals surface area contributed by atoms with Crippen molar-refractivity contribution in [1.82, 2.24) is 24.1 Å². The summed E-state index contributed by atoms with van der Waals surface area (Å²) in [6, 6.07) is 0. The third-order valence-electron chi connectivity index (χ3n) is 3.12. The quantitative estimate of drug-likeness (QED) is 0.568. The fraction of sp³-hybridized carbons (Fsp3) is 0.769. The second kappa shape index (κ2) is 9.14. The van der Waals surface area contributed by atoms with Gasteiger partial charge in [0.2, 0.25) is 0 Å². The van der Waals surface area contributed by atoms with Crippen LogP contribution in [0.15, 0.2) is 12.4 Å². The number of aryl methyl sites for hydroxylation is 1. The van der Waals surface area contributed by atoms with E-state index in [1.807, 2.05) is 13.2 Å². The van der Waals surface area contributed by atoms with Gasteiger partial charge in [-0.05, 0) is 37.9 Å². The van der Waals surface area contributed by atoms with E-state index in [1.165, 1.54) is 4.31 Å². The minimum atomic E-state index is -3.39. The molecule has 21 heavy (non-hydrogen) atoms. The maximum absolute atomic E-state index is 12.0. The van der Waals surface area contributed by atoms with Gasteiger partial charge in [-0.15, -0.1) is 0 Å². The molecule has 0 fully saturated rings. The Morgan fingerprint density at radius 1 is 1.33 bits per heavy atom. The fourth-order valence-electron chi connectivity index (χ4n) is 1.88. The number of hydrogen-bond donors (Lipinski definition) is 2.